The van der Waals surface area contributed by atoms with Gasteiger partial charge < -0.3 is 14.1 Å². The monoisotopic (exact) mass is 406 g/mol. The summed E-state index contributed by atoms with van der Waals surface area (Å²) < 4.78 is 11.4. The Balaban J connectivity index is 1.73. The van der Waals surface area contributed by atoms with Gasteiger partial charge in [-0.25, -0.2) is 9.98 Å². The number of aryl methyl sites for hydroxylation is 2. The fourth-order valence-electron chi connectivity index (χ4n) is 2.88. The lowest BCUT2D eigenvalue weighted by Crippen LogP contribution is -2.08. The van der Waals surface area contributed by atoms with Crippen LogP contribution in [0.5, 0.6) is 5.88 Å². The molecule has 0 aliphatic heterocycles. The predicted molar refractivity (Wildman–Crippen MR) is 120 cm³/mol. The van der Waals surface area contributed by atoms with Crippen LogP contribution in [0.2, 0.25) is 0 Å². The van der Waals surface area contributed by atoms with E-state index in [1.807, 2.05) is 37.2 Å². The molecular weight excluding hydrogens is 376 g/mol. The first-order valence-electron chi connectivity index (χ1n) is 10.3. The molecule has 0 amide bonds. The van der Waals surface area contributed by atoms with E-state index in [2.05, 4.69) is 53.1 Å². The van der Waals surface area contributed by atoms with Crippen molar-refractivity contribution in [3.63, 3.8) is 0 Å². The molecule has 158 valence electrons. The minimum atomic E-state index is 0.421. The highest BCUT2D eigenvalue weighted by molar-refractivity contribution is 5.58. The molecule has 0 atom stereocenters. The zero-order valence-electron chi connectivity index (χ0n) is 18.2. The molecule has 0 radical (unpaired) electrons. The molecule has 1 aromatic carbocycles. The number of hydrogen-bond acceptors (Lipinski definition) is 5. The summed E-state index contributed by atoms with van der Waals surface area (Å²) in [5.74, 6) is 2.46. The maximum atomic E-state index is 5.87. The van der Waals surface area contributed by atoms with E-state index in [9.17, 15) is 0 Å². The molecule has 0 N–H and O–H groups in total. The Hall–Kier alpha value is -3.15. The fourth-order valence-corrected chi connectivity index (χ4v) is 2.88. The lowest BCUT2D eigenvalue weighted by molar-refractivity contribution is 0.279. The molecule has 0 spiro atoms. The zero-order valence-corrected chi connectivity index (χ0v) is 18.2. The van der Waals surface area contributed by atoms with Crippen LogP contribution in [-0.4, -0.2) is 41.9 Å². The first-order chi connectivity index (χ1) is 14.5. The number of rotatable bonds is 10. The van der Waals surface area contributed by atoms with Crippen molar-refractivity contribution >= 4 is 12.3 Å². The van der Waals surface area contributed by atoms with Gasteiger partial charge in [0.2, 0.25) is 5.88 Å². The summed E-state index contributed by atoms with van der Waals surface area (Å²) in [6.45, 7) is 4.99. The van der Waals surface area contributed by atoms with Crippen LogP contribution in [0.25, 0.3) is 11.3 Å². The van der Waals surface area contributed by atoms with Crippen LogP contribution in [0.1, 0.15) is 31.5 Å². The quantitative estimate of drug-likeness (QED) is 0.343. The normalized spacial score (nSPS) is 11.4. The van der Waals surface area contributed by atoms with Gasteiger partial charge in [-0.1, -0.05) is 32.0 Å². The highest BCUT2D eigenvalue weighted by Crippen LogP contribution is 2.22. The summed E-state index contributed by atoms with van der Waals surface area (Å²) in [7, 11) is 3.83. The van der Waals surface area contributed by atoms with E-state index in [-0.39, 0.29) is 0 Å². The lowest BCUT2D eigenvalue weighted by atomic mass is 10.0. The van der Waals surface area contributed by atoms with E-state index in [1.54, 1.807) is 12.6 Å². The van der Waals surface area contributed by atoms with Gasteiger partial charge in [-0.2, -0.15) is 4.98 Å². The van der Waals surface area contributed by atoms with Gasteiger partial charge in [0, 0.05) is 25.7 Å². The summed E-state index contributed by atoms with van der Waals surface area (Å²) in [6, 6.07) is 14.2. The molecule has 6 nitrogen and oxygen atoms in total. The fraction of sp³-hybridized carbons (Fsp3) is 0.375. The Morgan fingerprint density at radius 1 is 1.10 bits per heavy atom. The van der Waals surface area contributed by atoms with Gasteiger partial charge in [0.1, 0.15) is 5.76 Å². The molecule has 0 unspecified atom stereocenters. The molecule has 6 heteroatoms. The number of benzene rings is 1. The van der Waals surface area contributed by atoms with Gasteiger partial charge in [0.05, 0.1) is 24.9 Å². The Morgan fingerprint density at radius 2 is 1.97 bits per heavy atom. The topological polar surface area (TPSA) is 63.8 Å². The van der Waals surface area contributed by atoms with E-state index < -0.39 is 0 Å². The second kappa shape index (κ2) is 10.6. The second-order valence-electron chi connectivity index (χ2n) is 7.91. The first kappa shape index (κ1) is 21.6. The van der Waals surface area contributed by atoms with Crippen LogP contribution in [0.4, 0.5) is 5.95 Å². The maximum absolute atomic E-state index is 5.87. The first-order valence-corrected chi connectivity index (χ1v) is 10.3. The Kier molecular flexibility index (Phi) is 7.60. The van der Waals surface area contributed by atoms with E-state index in [0.717, 1.165) is 36.3 Å². The molecule has 3 rings (SSSR count). The molecule has 0 saturated carbocycles. The molecule has 2 heterocycles. The van der Waals surface area contributed by atoms with Crippen LogP contribution < -0.4 is 4.74 Å². The number of nitrogens with zero attached hydrogens (tertiary/aromatic N) is 4. The van der Waals surface area contributed by atoms with Crippen molar-refractivity contribution in [2.45, 2.75) is 33.1 Å². The Morgan fingerprint density at radius 3 is 2.70 bits per heavy atom. The van der Waals surface area contributed by atoms with Crippen LogP contribution in [0, 0.1) is 5.92 Å². The molecule has 30 heavy (non-hydrogen) atoms. The van der Waals surface area contributed by atoms with Gasteiger partial charge in [-0.3, -0.25) is 0 Å². The van der Waals surface area contributed by atoms with Gasteiger partial charge in [0.15, 0.2) is 0 Å². The largest absolute Gasteiger partial charge is 0.478 e. The second-order valence-corrected chi connectivity index (χ2v) is 7.91. The summed E-state index contributed by atoms with van der Waals surface area (Å²) in [5.41, 5.74) is 3.22. The molecule has 0 saturated heterocycles. The third-order valence-corrected chi connectivity index (χ3v) is 4.50. The van der Waals surface area contributed by atoms with Crippen molar-refractivity contribution in [2.24, 2.45) is 10.9 Å². The maximum Gasteiger partial charge on any atom is 0.254 e. The highest BCUT2D eigenvalue weighted by atomic mass is 16.5. The van der Waals surface area contributed by atoms with Crippen molar-refractivity contribution in [2.75, 3.05) is 20.7 Å². The third-order valence-electron chi connectivity index (χ3n) is 4.50. The predicted octanol–water partition coefficient (Wildman–Crippen LogP) is 5.17. The van der Waals surface area contributed by atoms with E-state index in [4.69, 9.17) is 9.15 Å². The molecule has 0 fully saturated rings. The Labute approximate surface area is 178 Å². The zero-order chi connectivity index (χ0) is 21.3. The van der Waals surface area contributed by atoms with Gasteiger partial charge in [0.25, 0.3) is 5.95 Å². The molecule has 2 aromatic heterocycles. The lowest BCUT2D eigenvalue weighted by Gasteiger charge is -2.10. The van der Waals surface area contributed by atoms with E-state index in [1.165, 1.54) is 5.56 Å². The van der Waals surface area contributed by atoms with Gasteiger partial charge >= 0.3 is 0 Å². The average molecular weight is 407 g/mol. The van der Waals surface area contributed by atoms with Crippen molar-refractivity contribution < 1.29 is 9.15 Å². The Bertz CT molecular complexity index is 950. The van der Waals surface area contributed by atoms with Crippen molar-refractivity contribution in [3.8, 4) is 17.2 Å². The summed E-state index contributed by atoms with van der Waals surface area (Å²) in [5, 5.41) is 0. The van der Waals surface area contributed by atoms with Gasteiger partial charge in [-0.05, 0) is 48.9 Å². The molecule has 0 aliphatic carbocycles. The van der Waals surface area contributed by atoms with Crippen molar-refractivity contribution in [1.82, 2.24) is 14.9 Å². The minimum Gasteiger partial charge on any atom is -0.478 e. The smallest absolute Gasteiger partial charge is 0.254 e. The van der Waals surface area contributed by atoms with Crippen molar-refractivity contribution in [1.29, 1.82) is 0 Å². The molecular formula is C24H30N4O2. The minimum absolute atomic E-state index is 0.421. The van der Waals surface area contributed by atoms with Crippen LogP contribution in [-0.2, 0) is 12.8 Å². The molecule has 0 bridgehead atoms. The SMILES string of the molecule is CC(C)CCOc1cc(CCc2cccc(-c3ccco3)c2)nc(/N=C/N(C)C)n1. The number of ether oxygens (including phenoxy) is 1. The van der Waals surface area contributed by atoms with Crippen molar-refractivity contribution in [3.05, 3.63) is 60.0 Å². The van der Waals surface area contributed by atoms with Crippen LogP contribution in [0.15, 0.2) is 58.1 Å². The number of hydrogen-bond donors (Lipinski definition) is 0. The average Bonchev–Trinajstić information content (AvgIpc) is 3.26. The van der Waals surface area contributed by atoms with E-state index >= 15 is 0 Å². The van der Waals surface area contributed by atoms with Crippen LogP contribution in [0.3, 0.4) is 0 Å². The molecule has 3 aromatic rings. The summed E-state index contributed by atoms with van der Waals surface area (Å²) >= 11 is 0. The third kappa shape index (κ3) is 6.72. The highest BCUT2D eigenvalue weighted by Gasteiger charge is 2.08. The standard InChI is InChI=1S/C24H30N4O2/c1-18(2)12-14-30-23-16-21(26-24(27-23)25-17-28(3)4)11-10-19-7-5-8-20(15-19)22-9-6-13-29-22/h5-9,13,15-18H,10-12,14H2,1-4H3/b25-17+. The van der Waals surface area contributed by atoms with E-state index in [0.29, 0.717) is 24.4 Å². The number of aromatic nitrogens is 2. The summed E-state index contributed by atoms with van der Waals surface area (Å²) in [6.07, 6.45) is 6.00. The summed E-state index contributed by atoms with van der Waals surface area (Å²) in [4.78, 5) is 15.3. The van der Waals surface area contributed by atoms with Gasteiger partial charge in [-0.15, -0.1) is 0 Å². The number of aliphatic imine (C=N–C) groups is 1. The number of furan rings is 1. The van der Waals surface area contributed by atoms with Crippen LogP contribution >= 0.6 is 0 Å². The molecule has 0 aliphatic rings.